The van der Waals surface area contributed by atoms with Crippen LogP contribution in [0.15, 0.2) is 40.9 Å². The predicted octanol–water partition coefficient (Wildman–Crippen LogP) is 3.18. The van der Waals surface area contributed by atoms with Crippen molar-refractivity contribution in [1.82, 2.24) is 14.9 Å². The summed E-state index contributed by atoms with van der Waals surface area (Å²) in [4.78, 5) is 9.81. The van der Waals surface area contributed by atoms with Gasteiger partial charge in [-0.2, -0.15) is 0 Å². The molecule has 0 amide bonds. The van der Waals surface area contributed by atoms with Gasteiger partial charge in [-0.1, -0.05) is 0 Å². The molecular weight excluding hydrogens is 264 g/mol. The van der Waals surface area contributed by atoms with Crippen LogP contribution in [0.25, 0.3) is 11.0 Å². The molecule has 3 rings (SSSR count). The van der Waals surface area contributed by atoms with E-state index in [2.05, 4.69) is 26.3 Å². The lowest BCUT2D eigenvalue weighted by Gasteiger charge is -2.22. The number of aryl methyl sites for hydroxylation is 1. The lowest BCUT2D eigenvalue weighted by Crippen LogP contribution is -2.26. The van der Waals surface area contributed by atoms with Gasteiger partial charge < -0.3 is 14.7 Å². The summed E-state index contributed by atoms with van der Waals surface area (Å²) in [5.41, 5.74) is 0.898. The van der Waals surface area contributed by atoms with E-state index in [1.165, 1.54) is 0 Å². The van der Waals surface area contributed by atoms with Crippen molar-refractivity contribution in [2.75, 3.05) is 26.0 Å². The summed E-state index contributed by atoms with van der Waals surface area (Å²) >= 11 is 0. The smallest absolute Gasteiger partial charge is 0.139 e. The first-order chi connectivity index (χ1) is 10.1. The van der Waals surface area contributed by atoms with E-state index in [1.54, 1.807) is 0 Å². The number of H-pyrrole nitrogens is 1. The van der Waals surface area contributed by atoms with Crippen LogP contribution in [0, 0.1) is 6.92 Å². The number of hydrogen-bond donors (Lipinski definition) is 2. The number of hydrogen-bond acceptors (Lipinski definition) is 4. The summed E-state index contributed by atoms with van der Waals surface area (Å²) in [5, 5.41) is 4.50. The number of pyridine rings is 1. The first kappa shape index (κ1) is 13.7. The van der Waals surface area contributed by atoms with Gasteiger partial charge in [0.05, 0.1) is 6.04 Å². The number of nitrogens with zero attached hydrogens (tertiary/aromatic N) is 2. The minimum absolute atomic E-state index is 0.167. The molecule has 3 heterocycles. The largest absolute Gasteiger partial charge is 0.465 e. The highest BCUT2D eigenvalue weighted by Crippen LogP contribution is 2.21. The maximum Gasteiger partial charge on any atom is 0.139 e. The second-order valence-electron chi connectivity index (χ2n) is 5.42. The Morgan fingerprint density at radius 1 is 1.24 bits per heavy atom. The monoisotopic (exact) mass is 284 g/mol. The highest BCUT2D eigenvalue weighted by atomic mass is 16.3. The van der Waals surface area contributed by atoms with Crippen LogP contribution >= 0.6 is 0 Å². The lowest BCUT2D eigenvalue weighted by molar-refractivity contribution is 0.266. The third-order valence-corrected chi connectivity index (χ3v) is 3.60. The van der Waals surface area contributed by atoms with Crippen LogP contribution in [0.5, 0.6) is 0 Å². The second kappa shape index (κ2) is 5.61. The van der Waals surface area contributed by atoms with Gasteiger partial charge in [0.1, 0.15) is 23.0 Å². The third kappa shape index (κ3) is 2.92. The summed E-state index contributed by atoms with van der Waals surface area (Å²) in [5.74, 6) is 2.76. The zero-order valence-corrected chi connectivity index (χ0v) is 12.6. The van der Waals surface area contributed by atoms with Gasteiger partial charge in [0.15, 0.2) is 0 Å². The van der Waals surface area contributed by atoms with Gasteiger partial charge in [-0.05, 0) is 51.4 Å². The average molecular weight is 284 g/mol. The van der Waals surface area contributed by atoms with Crippen LogP contribution in [-0.2, 0) is 0 Å². The quantitative estimate of drug-likeness (QED) is 0.755. The Balaban J connectivity index is 1.74. The van der Waals surface area contributed by atoms with Crippen LogP contribution in [0.2, 0.25) is 0 Å². The number of aromatic nitrogens is 2. The highest BCUT2D eigenvalue weighted by Gasteiger charge is 2.17. The van der Waals surface area contributed by atoms with Gasteiger partial charge in [-0.15, -0.1) is 0 Å². The van der Waals surface area contributed by atoms with Crippen LogP contribution in [-0.4, -0.2) is 35.5 Å². The van der Waals surface area contributed by atoms with Crippen molar-refractivity contribution < 1.29 is 4.42 Å². The van der Waals surface area contributed by atoms with Gasteiger partial charge >= 0.3 is 0 Å². The van der Waals surface area contributed by atoms with Crippen molar-refractivity contribution in [2.45, 2.75) is 13.0 Å². The first-order valence-electron chi connectivity index (χ1n) is 7.04. The molecule has 0 aromatic carbocycles. The normalized spacial score (nSPS) is 13.0. The molecule has 0 saturated carbocycles. The standard InChI is InChI=1S/C16H20N4O/c1-11-4-6-14(21-11)13(20(2)3)10-18-15-7-5-12-8-9-17-16(12)19-15/h4-9,13H,10H2,1-3H3,(H2,17,18,19)/t13-/m0/s1. The van der Waals surface area contributed by atoms with E-state index in [9.17, 15) is 0 Å². The van der Waals surface area contributed by atoms with Gasteiger partial charge in [0.2, 0.25) is 0 Å². The van der Waals surface area contributed by atoms with Crippen molar-refractivity contribution in [2.24, 2.45) is 0 Å². The zero-order valence-electron chi connectivity index (χ0n) is 12.6. The molecule has 110 valence electrons. The second-order valence-corrected chi connectivity index (χ2v) is 5.42. The molecule has 3 aromatic rings. The van der Waals surface area contributed by atoms with E-state index in [-0.39, 0.29) is 6.04 Å². The number of furan rings is 1. The van der Waals surface area contributed by atoms with E-state index < -0.39 is 0 Å². The van der Waals surface area contributed by atoms with Gasteiger partial charge in [0.25, 0.3) is 0 Å². The Bertz CT molecular complexity index is 729. The Kier molecular flexibility index (Phi) is 3.66. The fourth-order valence-corrected chi connectivity index (χ4v) is 2.40. The lowest BCUT2D eigenvalue weighted by atomic mass is 10.2. The van der Waals surface area contributed by atoms with Crippen LogP contribution < -0.4 is 5.32 Å². The molecule has 21 heavy (non-hydrogen) atoms. The number of nitrogens with one attached hydrogen (secondary N) is 2. The Morgan fingerprint density at radius 2 is 2.10 bits per heavy atom. The Hall–Kier alpha value is -2.27. The van der Waals surface area contributed by atoms with Crippen molar-refractivity contribution in [3.8, 4) is 0 Å². The average Bonchev–Trinajstić information content (AvgIpc) is 3.07. The van der Waals surface area contributed by atoms with E-state index in [0.717, 1.165) is 34.9 Å². The first-order valence-corrected chi connectivity index (χ1v) is 7.04. The third-order valence-electron chi connectivity index (χ3n) is 3.60. The van der Waals surface area contributed by atoms with Gasteiger partial charge in [0, 0.05) is 18.1 Å². The molecule has 0 radical (unpaired) electrons. The van der Waals surface area contributed by atoms with E-state index >= 15 is 0 Å². The number of likely N-dealkylation sites (N-methyl/N-ethyl adjacent to an activating group) is 1. The molecule has 0 saturated heterocycles. The predicted molar refractivity (Wildman–Crippen MR) is 84.5 cm³/mol. The number of fused-ring (bicyclic) bond motifs is 1. The fourth-order valence-electron chi connectivity index (χ4n) is 2.40. The topological polar surface area (TPSA) is 57.1 Å². The molecule has 5 heteroatoms. The molecule has 0 unspecified atom stereocenters. The molecule has 5 nitrogen and oxygen atoms in total. The molecule has 1 atom stereocenters. The van der Waals surface area contributed by atoms with E-state index in [0.29, 0.717) is 0 Å². The maximum absolute atomic E-state index is 5.74. The minimum Gasteiger partial charge on any atom is -0.465 e. The van der Waals surface area contributed by atoms with Crippen molar-refractivity contribution in [3.63, 3.8) is 0 Å². The molecular formula is C16H20N4O. The van der Waals surface area contributed by atoms with Crippen molar-refractivity contribution in [1.29, 1.82) is 0 Å². The SMILES string of the molecule is Cc1ccc([C@H](CNc2ccc3cc[nH]c3n2)N(C)C)o1. The van der Waals surface area contributed by atoms with Crippen LogP contribution in [0.1, 0.15) is 17.6 Å². The molecule has 0 bridgehead atoms. The molecule has 0 spiro atoms. The molecule has 0 aliphatic carbocycles. The summed E-state index contributed by atoms with van der Waals surface area (Å²) in [7, 11) is 4.09. The molecule has 2 N–H and O–H groups in total. The number of anilines is 1. The van der Waals surface area contributed by atoms with Crippen LogP contribution in [0.4, 0.5) is 5.82 Å². The van der Waals surface area contributed by atoms with Crippen molar-refractivity contribution >= 4 is 16.9 Å². The molecule has 0 aliphatic heterocycles. The molecule has 0 fully saturated rings. The van der Waals surface area contributed by atoms with Gasteiger partial charge in [-0.25, -0.2) is 4.98 Å². The highest BCUT2D eigenvalue weighted by molar-refractivity contribution is 5.77. The number of rotatable bonds is 5. The summed E-state index contributed by atoms with van der Waals surface area (Å²) < 4.78 is 5.74. The summed E-state index contributed by atoms with van der Waals surface area (Å²) in [6, 6.07) is 10.3. The Morgan fingerprint density at radius 3 is 2.81 bits per heavy atom. The zero-order chi connectivity index (χ0) is 14.8. The summed E-state index contributed by atoms with van der Waals surface area (Å²) in [6.45, 7) is 2.70. The Labute approximate surface area is 124 Å². The van der Waals surface area contributed by atoms with Crippen LogP contribution in [0.3, 0.4) is 0 Å². The van der Waals surface area contributed by atoms with Gasteiger partial charge in [-0.3, -0.25) is 4.90 Å². The molecule has 3 aromatic heterocycles. The maximum atomic E-state index is 5.74. The summed E-state index contributed by atoms with van der Waals surface area (Å²) in [6.07, 6.45) is 1.90. The fraction of sp³-hybridized carbons (Fsp3) is 0.312. The van der Waals surface area contributed by atoms with E-state index in [1.807, 2.05) is 51.5 Å². The number of aromatic amines is 1. The van der Waals surface area contributed by atoms with Crippen molar-refractivity contribution in [3.05, 3.63) is 48.0 Å². The van der Waals surface area contributed by atoms with E-state index in [4.69, 9.17) is 4.42 Å². The minimum atomic E-state index is 0.167. The molecule has 0 aliphatic rings.